The molecule has 2 aromatic carbocycles. The molecule has 0 aliphatic rings. The minimum Gasteiger partial charge on any atom is -0.508 e. The van der Waals surface area contributed by atoms with Gasteiger partial charge in [0.2, 0.25) is 0 Å². The third-order valence-corrected chi connectivity index (χ3v) is 4.93. The van der Waals surface area contributed by atoms with E-state index in [9.17, 15) is 19.0 Å². The second-order valence-corrected chi connectivity index (χ2v) is 6.87. The van der Waals surface area contributed by atoms with Crippen molar-refractivity contribution in [1.82, 2.24) is 24.9 Å². The van der Waals surface area contributed by atoms with Crippen LogP contribution in [0.4, 0.5) is 8.78 Å². The zero-order valence-electron chi connectivity index (χ0n) is 15.8. The van der Waals surface area contributed by atoms with Crippen LogP contribution in [0.15, 0.2) is 59.6 Å². The second kappa shape index (κ2) is 7.64. The maximum absolute atomic E-state index is 14.6. The summed E-state index contributed by atoms with van der Waals surface area (Å²) in [6.45, 7) is 1.42. The van der Waals surface area contributed by atoms with E-state index in [0.29, 0.717) is 11.6 Å². The highest BCUT2D eigenvalue weighted by atomic mass is 19.1. The summed E-state index contributed by atoms with van der Waals surface area (Å²) >= 11 is 0. The Hall–Kier alpha value is -3.66. The zero-order chi connectivity index (χ0) is 21.3. The van der Waals surface area contributed by atoms with E-state index >= 15 is 0 Å². The first kappa shape index (κ1) is 19.6. The normalized spacial score (nSPS) is 14.4. The quantitative estimate of drug-likeness (QED) is 0.500. The third-order valence-electron chi connectivity index (χ3n) is 4.93. The van der Waals surface area contributed by atoms with Crippen LogP contribution in [0, 0.1) is 11.6 Å². The maximum atomic E-state index is 14.6. The van der Waals surface area contributed by atoms with Crippen LogP contribution < -0.4 is 0 Å². The third kappa shape index (κ3) is 3.64. The average molecular weight is 413 g/mol. The highest BCUT2D eigenvalue weighted by molar-refractivity contribution is 5.54. The number of phenols is 1. The number of halogens is 2. The molecule has 0 saturated heterocycles. The average Bonchev–Trinajstić information content (AvgIpc) is 3.40. The summed E-state index contributed by atoms with van der Waals surface area (Å²) in [7, 11) is 0. The van der Waals surface area contributed by atoms with Crippen molar-refractivity contribution in [3.8, 4) is 17.2 Å². The standard InChI is InChI=1S/C20H17F2N5O3/c1-12(18-25-19(30-26-18)13-2-5-15(28)6-3-13)20(29,9-27-11-23-10-24-27)16-7-4-14(21)8-17(16)22/h2-8,10-12,28-29H,9H2,1H3/t12-,20-/m1/s1. The Morgan fingerprint density at radius 1 is 1.17 bits per heavy atom. The molecule has 2 aromatic heterocycles. The Morgan fingerprint density at radius 2 is 1.93 bits per heavy atom. The maximum Gasteiger partial charge on any atom is 0.257 e. The SMILES string of the molecule is C[C@H](c1noc(-c2ccc(O)cc2)n1)[C@](O)(Cn1cncn1)c1ccc(F)cc1F. The molecule has 10 heteroatoms. The number of benzene rings is 2. The Morgan fingerprint density at radius 3 is 2.60 bits per heavy atom. The van der Waals surface area contributed by atoms with Gasteiger partial charge in [0.25, 0.3) is 5.89 Å². The largest absolute Gasteiger partial charge is 0.508 e. The highest BCUT2D eigenvalue weighted by Gasteiger charge is 2.42. The molecule has 0 unspecified atom stereocenters. The van der Waals surface area contributed by atoms with E-state index in [4.69, 9.17) is 4.52 Å². The Labute approximate surface area is 169 Å². The molecule has 2 heterocycles. The molecule has 4 aromatic rings. The summed E-state index contributed by atoms with van der Waals surface area (Å²) in [5.74, 6) is -2.17. The zero-order valence-corrected chi connectivity index (χ0v) is 15.8. The van der Waals surface area contributed by atoms with Crippen molar-refractivity contribution in [3.63, 3.8) is 0 Å². The fourth-order valence-corrected chi connectivity index (χ4v) is 3.20. The van der Waals surface area contributed by atoms with Crippen LogP contribution in [-0.2, 0) is 12.1 Å². The Kier molecular flexibility index (Phi) is 5.00. The van der Waals surface area contributed by atoms with Crippen LogP contribution in [0.2, 0.25) is 0 Å². The molecule has 0 radical (unpaired) electrons. The van der Waals surface area contributed by atoms with Crippen molar-refractivity contribution in [2.24, 2.45) is 0 Å². The van der Waals surface area contributed by atoms with Crippen molar-refractivity contribution in [1.29, 1.82) is 0 Å². The molecule has 2 atom stereocenters. The smallest absolute Gasteiger partial charge is 0.257 e. The summed E-state index contributed by atoms with van der Waals surface area (Å²) in [4.78, 5) is 8.15. The monoisotopic (exact) mass is 413 g/mol. The number of aliphatic hydroxyl groups is 1. The topological polar surface area (TPSA) is 110 Å². The molecular weight excluding hydrogens is 396 g/mol. The van der Waals surface area contributed by atoms with Crippen LogP contribution in [0.5, 0.6) is 5.75 Å². The first-order chi connectivity index (χ1) is 14.4. The van der Waals surface area contributed by atoms with Gasteiger partial charge in [-0.1, -0.05) is 18.1 Å². The number of aromatic nitrogens is 5. The minimum atomic E-state index is -1.89. The molecule has 0 bridgehead atoms. The fourth-order valence-electron chi connectivity index (χ4n) is 3.20. The van der Waals surface area contributed by atoms with Gasteiger partial charge in [-0.3, -0.25) is 0 Å². The van der Waals surface area contributed by atoms with Gasteiger partial charge in [-0.05, 0) is 30.3 Å². The van der Waals surface area contributed by atoms with Crippen molar-refractivity contribution in [2.45, 2.75) is 25.0 Å². The van der Waals surface area contributed by atoms with Gasteiger partial charge in [0.05, 0.1) is 12.5 Å². The van der Waals surface area contributed by atoms with E-state index in [1.807, 2.05) is 0 Å². The van der Waals surface area contributed by atoms with Crippen molar-refractivity contribution < 1.29 is 23.5 Å². The van der Waals surface area contributed by atoms with Gasteiger partial charge >= 0.3 is 0 Å². The molecule has 0 saturated carbocycles. The van der Waals surface area contributed by atoms with E-state index in [1.165, 1.54) is 35.5 Å². The van der Waals surface area contributed by atoms with Gasteiger partial charge in [0.15, 0.2) is 5.82 Å². The van der Waals surface area contributed by atoms with Crippen molar-refractivity contribution in [3.05, 3.63) is 78.1 Å². The van der Waals surface area contributed by atoms with E-state index in [0.717, 1.165) is 6.07 Å². The minimum absolute atomic E-state index is 0.0841. The van der Waals surface area contributed by atoms with E-state index in [-0.39, 0.29) is 29.6 Å². The fraction of sp³-hybridized carbons (Fsp3) is 0.200. The number of phenolic OH excluding ortho intramolecular Hbond substituents is 1. The van der Waals surface area contributed by atoms with Gasteiger partial charge in [-0.2, -0.15) is 10.1 Å². The number of aromatic hydroxyl groups is 1. The van der Waals surface area contributed by atoms with Gasteiger partial charge in [0.1, 0.15) is 35.6 Å². The van der Waals surface area contributed by atoms with Crippen LogP contribution in [0.25, 0.3) is 11.5 Å². The molecule has 0 aliphatic heterocycles. The first-order valence-corrected chi connectivity index (χ1v) is 9.00. The molecule has 30 heavy (non-hydrogen) atoms. The number of hydrogen-bond acceptors (Lipinski definition) is 7. The predicted octanol–water partition coefficient (Wildman–Crippen LogP) is 3.00. The van der Waals surface area contributed by atoms with Gasteiger partial charge < -0.3 is 14.7 Å². The van der Waals surface area contributed by atoms with Gasteiger partial charge in [-0.25, -0.2) is 18.4 Å². The summed E-state index contributed by atoms with van der Waals surface area (Å²) < 4.78 is 34.7. The molecule has 0 aliphatic carbocycles. The second-order valence-electron chi connectivity index (χ2n) is 6.87. The lowest BCUT2D eigenvalue weighted by atomic mass is 9.81. The summed E-state index contributed by atoms with van der Waals surface area (Å²) in [6.07, 6.45) is 2.65. The lowest BCUT2D eigenvalue weighted by Gasteiger charge is -2.33. The molecule has 154 valence electrons. The Balaban J connectivity index is 1.74. The molecule has 0 spiro atoms. The van der Waals surface area contributed by atoms with Gasteiger partial charge in [0, 0.05) is 17.2 Å². The predicted molar refractivity (Wildman–Crippen MR) is 100 cm³/mol. The van der Waals surface area contributed by atoms with Crippen LogP contribution in [0.1, 0.15) is 24.2 Å². The number of rotatable bonds is 6. The molecule has 0 amide bonds. The molecule has 8 nitrogen and oxygen atoms in total. The molecule has 4 rings (SSSR count). The molecular formula is C20H17F2N5O3. The lowest BCUT2D eigenvalue weighted by Crippen LogP contribution is -2.38. The van der Waals surface area contributed by atoms with E-state index < -0.39 is 23.2 Å². The van der Waals surface area contributed by atoms with E-state index in [2.05, 4.69) is 20.2 Å². The number of nitrogens with zero attached hydrogens (tertiary/aromatic N) is 5. The van der Waals surface area contributed by atoms with Crippen molar-refractivity contribution in [2.75, 3.05) is 0 Å². The van der Waals surface area contributed by atoms with E-state index in [1.54, 1.807) is 19.1 Å². The Bertz CT molecular complexity index is 1150. The molecule has 0 fully saturated rings. The summed E-state index contributed by atoms with van der Waals surface area (Å²) in [6, 6.07) is 9.08. The highest BCUT2D eigenvalue weighted by Crippen LogP contribution is 2.39. The molecule has 2 N–H and O–H groups in total. The summed E-state index contributed by atoms with van der Waals surface area (Å²) in [5, 5.41) is 28.9. The first-order valence-electron chi connectivity index (χ1n) is 9.00. The number of hydrogen-bond donors (Lipinski definition) is 2. The van der Waals surface area contributed by atoms with Gasteiger partial charge in [-0.15, -0.1) is 0 Å². The lowest BCUT2D eigenvalue weighted by molar-refractivity contribution is -0.0140. The summed E-state index contributed by atoms with van der Waals surface area (Å²) in [5.41, 5.74) is -1.46. The van der Waals surface area contributed by atoms with Crippen molar-refractivity contribution >= 4 is 0 Å². The van der Waals surface area contributed by atoms with Crippen LogP contribution >= 0.6 is 0 Å². The van der Waals surface area contributed by atoms with Crippen LogP contribution in [0.3, 0.4) is 0 Å². The van der Waals surface area contributed by atoms with Crippen LogP contribution in [-0.4, -0.2) is 35.1 Å².